The maximum absolute atomic E-state index is 12.2. The second-order valence-electron chi connectivity index (χ2n) is 6.04. The highest BCUT2D eigenvalue weighted by Gasteiger charge is 2.21. The minimum atomic E-state index is 0.0743. The summed E-state index contributed by atoms with van der Waals surface area (Å²) in [5.41, 5.74) is 1.20. The third kappa shape index (κ3) is 6.22. The molecule has 0 saturated heterocycles. The van der Waals surface area contributed by atoms with Crippen LogP contribution in [-0.2, 0) is 11.2 Å². The highest BCUT2D eigenvalue weighted by atomic mass is 35.5. The first-order chi connectivity index (χ1) is 12.1. The number of nitrogens with zero attached hydrogens (tertiary/aromatic N) is 1. The Labute approximate surface area is 155 Å². The molecule has 1 aromatic carbocycles. The van der Waals surface area contributed by atoms with Gasteiger partial charge in [0, 0.05) is 18.0 Å². The van der Waals surface area contributed by atoms with Gasteiger partial charge in [-0.1, -0.05) is 37.6 Å². The van der Waals surface area contributed by atoms with Gasteiger partial charge in [0.15, 0.2) is 0 Å². The van der Waals surface area contributed by atoms with Crippen molar-refractivity contribution in [2.24, 2.45) is 0 Å². The fourth-order valence-corrected chi connectivity index (χ4v) is 3.08. The Morgan fingerprint density at radius 3 is 2.52 bits per heavy atom. The van der Waals surface area contributed by atoms with E-state index in [1.165, 1.54) is 5.56 Å². The molecule has 0 radical (unpaired) electrons. The third-order valence-electron chi connectivity index (χ3n) is 4.40. The highest BCUT2D eigenvalue weighted by Crippen LogP contribution is 2.20. The summed E-state index contributed by atoms with van der Waals surface area (Å²) in [7, 11) is 0. The quantitative estimate of drug-likeness (QED) is 0.678. The average Bonchev–Trinajstić information content (AvgIpc) is 3.14. The number of amides is 1. The maximum atomic E-state index is 12.2. The summed E-state index contributed by atoms with van der Waals surface area (Å²) in [6.07, 6.45) is 3.90. The van der Waals surface area contributed by atoms with Crippen LogP contribution in [0.4, 0.5) is 0 Å². The van der Waals surface area contributed by atoms with Crippen LogP contribution >= 0.6 is 11.6 Å². The molecule has 1 aromatic heterocycles. The van der Waals surface area contributed by atoms with Gasteiger partial charge >= 0.3 is 0 Å². The van der Waals surface area contributed by atoms with Gasteiger partial charge in [0.2, 0.25) is 5.91 Å². The van der Waals surface area contributed by atoms with Crippen molar-refractivity contribution >= 4 is 17.5 Å². The Hall–Kier alpha value is -1.78. The Balaban J connectivity index is 1.79. The Bertz CT molecular complexity index is 622. The number of carbonyl (C=O) groups excluding carboxylic acids is 1. The lowest BCUT2D eigenvalue weighted by Gasteiger charge is -2.28. The number of carbonyl (C=O) groups is 1. The lowest BCUT2D eigenvalue weighted by molar-refractivity contribution is -0.121. The zero-order valence-corrected chi connectivity index (χ0v) is 15.8. The molecule has 25 heavy (non-hydrogen) atoms. The molecule has 1 heterocycles. The molecule has 5 heteroatoms. The molecule has 1 N–H and O–H groups in total. The molecule has 1 atom stereocenters. The molecule has 0 saturated carbocycles. The normalized spacial score (nSPS) is 12.3. The molecule has 2 aromatic rings. The predicted molar refractivity (Wildman–Crippen MR) is 102 cm³/mol. The van der Waals surface area contributed by atoms with Crippen molar-refractivity contribution in [3.63, 3.8) is 0 Å². The number of furan rings is 1. The Morgan fingerprint density at radius 2 is 1.92 bits per heavy atom. The number of hydrogen-bond acceptors (Lipinski definition) is 3. The number of rotatable bonds is 10. The van der Waals surface area contributed by atoms with Gasteiger partial charge < -0.3 is 9.73 Å². The van der Waals surface area contributed by atoms with E-state index in [2.05, 4.69) is 24.1 Å². The molecular formula is C20H27ClN2O2. The predicted octanol–water partition coefficient (Wildman–Crippen LogP) is 4.46. The van der Waals surface area contributed by atoms with Gasteiger partial charge in [-0.25, -0.2) is 0 Å². The zero-order valence-electron chi connectivity index (χ0n) is 15.0. The van der Waals surface area contributed by atoms with E-state index in [9.17, 15) is 4.79 Å². The molecule has 0 aliphatic carbocycles. The molecule has 1 amide bonds. The van der Waals surface area contributed by atoms with Gasteiger partial charge in [-0.15, -0.1) is 0 Å². The van der Waals surface area contributed by atoms with Crippen LogP contribution in [0, 0.1) is 0 Å². The third-order valence-corrected chi connectivity index (χ3v) is 4.65. The van der Waals surface area contributed by atoms with Gasteiger partial charge in [0.1, 0.15) is 5.76 Å². The van der Waals surface area contributed by atoms with E-state index >= 15 is 0 Å². The van der Waals surface area contributed by atoms with Gasteiger partial charge in [0.05, 0.1) is 12.3 Å². The van der Waals surface area contributed by atoms with Crippen LogP contribution in [0.3, 0.4) is 0 Å². The number of benzene rings is 1. The Morgan fingerprint density at radius 1 is 1.20 bits per heavy atom. The smallest absolute Gasteiger partial charge is 0.220 e. The number of hydrogen-bond donors (Lipinski definition) is 1. The lowest BCUT2D eigenvalue weighted by atomic mass is 10.1. The molecule has 0 bridgehead atoms. The first-order valence-corrected chi connectivity index (χ1v) is 9.30. The molecule has 136 valence electrons. The average molecular weight is 363 g/mol. The largest absolute Gasteiger partial charge is 0.468 e. The summed E-state index contributed by atoms with van der Waals surface area (Å²) < 4.78 is 5.56. The summed E-state index contributed by atoms with van der Waals surface area (Å²) in [6, 6.07) is 11.7. The Kier molecular flexibility index (Phi) is 8.02. The molecule has 2 rings (SSSR count). The first kappa shape index (κ1) is 19.5. The minimum absolute atomic E-state index is 0.0743. The van der Waals surface area contributed by atoms with E-state index in [0.717, 1.165) is 36.7 Å². The molecular weight excluding hydrogens is 336 g/mol. The van der Waals surface area contributed by atoms with Crippen LogP contribution in [0.25, 0.3) is 0 Å². The van der Waals surface area contributed by atoms with Gasteiger partial charge in [-0.05, 0) is 55.8 Å². The monoisotopic (exact) mass is 362 g/mol. The van der Waals surface area contributed by atoms with E-state index in [0.29, 0.717) is 13.0 Å². The number of aryl methyl sites for hydroxylation is 1. The van der Waals surface area contributed by atoms with Crippen molar-refractivity contribution in [3.05, 3.63) is 59.0 Å². The van der Waals surface area contributed by atoms with E-state index < -0.39 is 0 Å². The van der Waals surface area contributed by atoms with Crippen molar-refractivity contribution in [2.75, 3.05) is 19.6 Å². The van der Waals surface area contributed by atoms with Crippen molar-refractivity contribution < 1.29 is 9.21 Å². The molecule has 1 unspecified atom stereocenters. The highest BCUT2D eigenvalue weighted by molar-refractivity contribution is 6.30. The summed E-state index contributed by atoms with van der Waals surface area (Å²) in [4.78, 5) is 14.5. The lowest BCUT2D eigenvalue weighted by Crippen LogP contribution is -2.37. The summed E-state index contributed by atoms with van der Waals surface area (Å²) >= 11 is 5.88. The molecule has 0 fully saturated rings. The maximum Gasteiger partial charge on any atom is 0.220 e. The van der Waals surface area contributed by atoms with Crippen LogP contribution in [0.15, 0.2) is 47.1 Å². The fourth-order valence-electron chi connectivity index (χ4n) is 2.96. The second-order valence-corrected chi connectivity index (χ2v) is 6.47. The molecule has 0 aliphatic rings. The summed E-state index contributed by atoms with van der Waals surface area (Å²) in [6.45, 7) is 6.62. The zero-order chi connectivity index (χ0) is 18.1. The van der Waals surface area contributed by atoms with E-state index in [1.54, 1.807) is 6.26 Å². The van der Waals surface area contributed by atoms with Crippen molar-refractivity contribution in [3.8, 4) is 0 Å². The van der Waals surface area contributed by atoms with Gasteiger partial charge in [-0.3, -0.25) is 9.69 Å². The molecule has 0 aliphatic heterocycles. The van der Waals surface area contributed by atoms with E-state index in [-0.39, 0.29) is 11.9 Å². The van der Waals surface area contributed by atoms with Crippen molar-refractivity contribution in [1.29, 1.82) is 0 Å². The van der Waals surface area contributed by atoms with Crippen molar-refractivity contribution in [1.82, 2.24) is 10.2 Å². The van der Waals surface area contributed by atoms with E-state index in [1.807, 2.05) is 36.4 Å². The van der Waals surface area contributed by atoms with Gasteiger partial charge in [-0.2, -0.15) is 0 Å². The van der Waals surface area contributed by atoms with Crippen LogP contribution in [-0.4, -0.2) is 30.4 Å². The van der Waals surface area contributed by atoms with Crippen LogP contribution in [0.1, 0.15) is 44.1 Å². The van der Waals surface area contributed by atoms with Crippen LogP contribution < -0.4 is 5.32 Å². The SMILES string of the molecule is CCN(CC)C(CNC(=O)CCCc1ccc(Cl)cc1)c1ccco1. The number of nitrogens with one attached hydrogen (secondary N) is 1. The number of likely N-dealkylation sites (N-methyl/N-ethyl adjacent to an activating group) is 1. The standard InChI is InChI=1S/C20H27ClN2O2/c1-3-23(4-2)18(19-8-6-14-25-19)15-22-20(24)9-5-7-16-10-12-17(21)13-11-16/h6,8,10-14,18H,3-5,7,9,15H2,1-2H3,(H,22,24). The molecule has 0 spiro atoms. The fraction of sp³-hybridized carbons (Fsp3) is 0.450. The topological polar surface area (TPSA) is 45.5 Å². The van der Waals surface area contributed by atoms with Gasteiger partial charge in [0.25, 0.3) is 0 Å². The summed E-state index contributed by atoms with van der Waals surface area (Å²) in [5, 5.41) is 3.79. The number of halogens is 1. The van der Waals surface area contributed by atoms with Crippen LogP contribution in [0.2, 0.25) is 5.02 Å². The first-order valence-electron chi connectivity index (χ1n) is 8.92. The molecule has 4 nitrogen and oxygen atoms in total. The van der Waals surface area contributed by atoms with Crippen LogP contribution in [0.5, 0.6) is 0 Å². The van der Waals surface area contributed by atoms with Crippen molar-refractivity contribution in [2.45, 2.75) is 39.2 Å². The minimum Gasteiger partial charge on any atom is -0.468 e. The van der Waals surface area contributed by atoms with E-state index in [4.69, 9.17) is 16.0 Å². The summed E-state index contributed by atoms with van der Waals surface area (Å²) in [5.74, 6) is 0.975. The second kappa shape index (κ2) is 10.3.